The maximum Gasteiger partial charge on any atom is 0.384 e. The summed E-state index contributed by atoms with van der Waals surface area (Å²) in [5.74, 6) is 5.38. The molecule has 1 atom stereocenters. The van der Waals surface area contributed by atoms with Crippen molar-refractivity contribution in [2.24, 2.45) is 5.92 Å². The highest BCUT2D eigenvalue weighted by atomic mass is 16.5. The third-order valence-electron chi connectivity index (χ3n) is 1.61. The molecule has 0 saturated carbocycles. The van der Waals surface area contributed by atoms with Gasteiger partial charge >= 0.3 is 5.97 Å². The van der Waals surface area contributed by atoms with Crippen LogP contribution in [0, 0.1) is 17.8 Å². The van der Waals surface area contributed by atoms with Crippen molar-refractivity contribution in [2.45, 2.75) is 33.6 Å². The summed E-state index contributed by atoms with van der Waals surface area (Å²) >= 11 is 0. The minimum atomic E-state index is -0.416. The second-order valence-electron chi connectivity index (χ2n) is 2.74. The summed E-state index contributed by atoms with van der Waals surface area (Å²) in [6.45, 7) is 6.39. The molecule has 2 nitrogen and oxygen atoms in total. The van der Waals surface area contributed by atoms with E-state index >= 15 is 0 Å². The first-order valence-corrected chi connectivity index (χ1v) is 4.36. The lowest BCUT2D eigenvalue weighted by Crippen LogP contribution is -2.00. The Bertz CT molecular complexity index is 186. The first-order valence-electron chi connectivity index (χ1n) is 4.36. The lowest BCUT2D eigenvalue weighted by molar-refractivity contribution is -0.136. The monoisotopic (exact) mass is 168 g/mol. The van der Waals surface area contributed by atoms with Gasteiger partial charge < -0.3 is 4.74 Å². The van der Waals surface area contributed by atoms with Crippen LogP contribution in [-0.2, 0) is 9.53 Å². The lowest BCUT2D eigenvalue weighted by atomic mass is 10.1. The zero-order chi connectivity index (χ0) is 9.40. The molecular weight excluding hydrogens is 152 g/mol. The average Bonchev–Trinajstić information content (AvgIpc) is 2.04. The molecule has 0 aromatic carbocycles. The fraction of sp³-hybridized carbons (Fsp3) is 0.700. The van der Waals surface area contributed by atoms with Crippen LogP contribution in [0.2, 0.25) is 0 Å². The molecular formula is C10H16O2. The Morgan fingerprint density at radius 3 is 2.67 bits per heavy atom. The molecule has 0 amide bonds. The molecule has 0 fully saturated rings. The van der Waals surface area contributed by atoms with Crippen LogP contribution in [0.5, 0.6) is 0 Å². The Morgan fingerprint density at radius 2 is 2.17 bits per heavy atom. The van der Waals surface area contributed by atoms with E-state index in [0.29, 0.717) is 12.5 Å². The zero-order valence-corrected chi connectivity index (χ0v) is 8.02. The van der Waals surface area contributed by atoms with Crippen LogP contribution < -0.4 is 0 Å². The number of rotatable bonds is 3. The van der Waals surface area contributed by atoms with Crippen molar-refractivity contribution in [3.05, 3.63) is 0 Å². The van der Waals surface area contributed by atoms with Crippen molar-refractivity contribution in [3.8, 4) is 11.8 Å². The molecule has 68 valence electrons. The highest BCUT2D eigenvalue weighted by Crippen LogP contribution is 2.03. The third kappa shape index (κ3) is 5.79. The van der Waals surface area contributed by atoms with Crippen LogP contribution in [0.1, 0.15) is 33.6 Å². The summed E-state index contributed by atoms with van der Waals surface area (Å²) in [5.41, 5.74) is 0. The Hall–Kier alpha value is -0.970. The minimum absolute atomic E-state index is 0.400. The molecule has 0 heterocycles. The van der Waals surface area contributed by atoms with E-state index in [1.165, 1.54) is 0 Å². The van der Waals surface area contributed by atoms with Crippen molar-refractivity contribution >= 4 is 5.97 Å². The maximum absolute atomic E-state index is 10.7. The van der Waals surface area contributed by atoms with E-state index in [4.69, 9.17) is 0 Å². The number of hydrogen-bond acceptors (Lipinski definition) is 2. The number of carbonyl (C=O) groups is 1. The number of hydrogen-bond donors (Lipinski definition) is 0. The number of esters is 1. The smallest absolute Gasteiger partial charge is 0.384 e. The first kappa shape index (κ1) is 11.0. The molecule has 0 radical (unpaired) electrons. The normalized spacial score (nSPS) is 11.2. The van der Waals surface area contributed by atoms with Crippen LogP contribution in [0.15, 0.2) is 0 Å². The van der Waals surface area contributed by atoms with Crippen molar-refractivity contribution in [3.63, 3.8) is 0 Å². The van der Waals surface area contributed by atoms with E-state index in [1.54, 1.807) is 6.92 Å². The van der Waals surface area contributed by atoms with Gasteiger partial charge in [-0.25, -0.2) is 4.79 Å². The van der Waals surface area contributed by atoms with Gasteiger partial charge in [-0.2, -0.15) is 0 Å². The van der Waals surface area contributed by atoms with Crippen molar-refractivity contribution in [1.29, 1.82) is 0 Å². The Morgan fingerprint density at radius 1 is 1.50 bits per heavy atom. The molecule has 0 aromatic heterocycles. The predicted molar refractivity (Wildman–Crippen MR) is 48.5 cm³/mol. The number of carbonyl (C=O) groups excluding carboxylic acids is 1. The zero-order valence-electron chi connectivity index (χ0n) is 8.02. The molecule has 0 N–H and O–H groups in total. The van der Waals surface area contributed by atoms with Crippen LogP contribution in [-0.4, -0.2) is 12.6 Å². The van der Waals surface area contributed by atoms with Crippen LogP contribution in [0.25, 0.3) is 0 Å². The topological polar surface area (TPSA) is 26.3 Å². The first-order chi connectivity index (χ1) is 5.70. The molecule has 0 aliphatic heterocycles. The molecule has 0 bridgehead atoms. The molecule has 0 spiro atoms. The van der Waals surface area contributed by atoms with E-state index < -0.39 is 5.97 Å². The van der Waals surface area contributed by atoms with Gasteiger partial charge in [0.2, 0.25) is 0 Å². The van der Waals surface area contributed by atoms with E-state index in [-0.39, 0.29) is 0 Å². The van der Waals surface area contributed by atoms with E-state index in [0.717, 1.165) is 12.8 Å². The average molecular weight is 168 g/mol. The molecule has 0 aliphatic carbocycles. The predicted octanol–water partition coefficient (Wildman–Crippen LogP) is 1.99. The largest absolute Gasteiger partial charge is 0.456 e. The van der Waals surface area contributed by atoms with Crippen LogP contribution >= 0.6 is 0 Å². The summed E-state index contributed by atoms with van der Waals surface area (Å²) in [5, 5.41) is 0. The molecule has 2 heteroatoms. The Labute approximate surface area is 74.3 Å². The van der Waals surface area contributed by atoms with Gasteiger partial charge in [0.05, 0.1) is 6.61 Å². The highest BCUT2D eigenvalue weighted by molar-refractivity contribution is 5.88. The second-order valence-corrected chi connectivity index (χ2v) is 2.74. The van der Waals surface area contributed by atoms with Gasteiger partial charge in [0.1, 0.15) is 0 Å². The summed E-state index contributed by atoms with van der Waals surface area (Å²) in [4.78, 5) is 10.7. The van der Waals surface area contributed by atoms with E-state index in [1.807, 2.05) is 0 Å². The molecule has 0 rings (SSSR count). The summed E-state index contributed by atoms with van der Waals surface area (Å²) in [6.07, 6.45) is 1.87. The minimum Gasteiger partial charge on any atom is -0.456 e. The van der Waals surface area contributed by atoms with Gasteiger partial charge in [-0.15, -0.1) is 0 Å². The van der Waals surface area contributed by atoms with Crippen LogP contribution in [0.4, 0.5) is 0 Å². The second kappa shape index (κ2) is 6.72. The molecule has 0 aliphatic rings. The quantitative estimate of drug-likeness (QED) is 0.366. The van der Waals surface area contributed by atoms with Gasteiger partial charge in [-0.3, -0.25) is 0 Å². The Balaban J connectivity index is 3.65. The fourth-order valence-corrected chi connectivity index (χ4v) is 0.609. The van der Waals surface area contributed by atoms with E-state index in [2.05, 4.69) is 30.4 Å². The summed E-state index contributed by atoms with van der Waals surface area (Å²) < 4.78 is 4.64. The summed E-state index contributed by atoms with van der Waals surface area (Å²) in [7, 11) is 0. The van der Waals surface area contributed by atoms with Crippen molar-refractivity contribution in [2.75, 3.05) is 6.61 Å². The Kier molecular flexibility index (Phi) is 6.18. The molecule has 12 heavy (non-hydrogen) atoms. The van der Waals surface area contributed by atoms with Gasteiger partial charge in [-0.1, -0.05) is 26.2 Å². The molecule has 0 saturated heterocycles. The van der Waals surface area contributed by atoms with Gasteiger partial charge in [0.15, 0.2) is 0 Å². The maximum atomic E-state index is 10.7. The third-order valence-corrected chi connectivity index (χ3v) is 1.61. The molecule has 0 aromatic rings. The van der Waals surface area contributed by atoms with Gasteiger partial charge in [0.25, 0.3) is 0 Å². The standard InChI is InChI=1S/C10H16O2/c1-4-9(3)7-6-8-10(11)12-5-2/h9H,4-5,7H2,1-3H3. The SMILES string of the molecule is CCOC(=O)C#CCC(C)CC. The lowest BCUT2D eigenvalue weighted by Gasteiger charge is -1.99. The van der Waals surface area contributed by atoms with Gasteiger partial charge in [0, 0.05) is 12.3 Å². The van der Waals surface area contributed by atoms with E-state index in [9.17, 15) is 4.79 Å². The van der Waals surface area contributed by atoms with Crippen molar-refractivity contribution in [1.82, 2.24) is 0 Å². The number of ether oxygens (including phenoxy) is 1. The fourth-order valence-electron chi connectivity index (χ4n) is 0.609. The molecule has 1 unspecified atom stereocenters. The van der Waals surface area contributed by atoms with Crippen molar-refractivity contribution < 1.29 is 9.53 Å². The summed E-state index contributed by atoms with van der Waals surface area (Å²) in [6, 6.07) is 0. The van der Waals surface area contributed by atoms with Gasteiger partial charge in [-0.05, 0) is 12.8 Å². The van der Waals surface area contributed by atoms with Crippen LogP contribution in [0.3, 0.4) is 0 Å². The highest BCUT2D eigenvalue weighted by Gasteiger charge is 1.95.